The predicted octanol–water partition coefficient (Wildman–Crippen LogP) is 2.87. The van der Waals surface area contributed by atoms with Crippen LogP contribution in [-0.4, -0.2) is 8.42 Å². The quantitative estimate of drug-likeness (QED) is 0.720. The monoisotopic (exact) mass is 222 g/mol. The maximum Gasteiger partial charge on any atom is 0.198 e. The first kappa shape index (κ1) is 10.4. The van der Waals surface area contributed by atoms with Crippen LogP contribution in [0.25, 0.3) is 0 Å². The third-order valence-corrected chi connectivity index (χ3v) is 4.70. The molecule has 0 bridgehead atoms. The van der Waals surface area contributed by atoms with Crippen molar-refractivity contribution in [3.8, 4) is 0 Å². The molecule has 0 atom stereocenters. The largest absolute Gasteiger partial charge is 0.219 e. The zero-order valence-corrected chi connectivity index (χ0v) is 9.33. The van der Waals surface area contributed by atoms with Crippen molar-refractivity contribution in [1.29, 1.82) is 0 Å². The van der Waals surface area contributed by atoms with Gasteiger partial charge < -0.3 is 0 Å². The standard InChI is InChI=1S/C12H14O2S/c13-15(14,11-7-3-1-4-8-11)12-9-5-2-6-10-12/h1-3,5,7,9H,4,6,8,10H2. The lowest BCUT2D eigenvalue weighted by Crippen LogP contribution is -2.09. The lowest BCUT2D eigenvalue weighted by Gasteiger charge is -2.14. The molecule has 0 aromatic rings. The highest BCUT2D eigenvalue weighted by Crippen LogP contribution is 2.28. The highest BCUT2D eigenvalue weighted by Gasteiger charge is 2.23. The molecule has 2 aliphatic rings. The summed E-state index contributed by atoms with van der Waals surface area (Å²) in [4.78, 5) is 1.12. The summed E-state index contributed by atoms with van der Waals surface area (Å²) in [5.41, 5.74) is 0. The van der Waals surface area contributed by atoms with Gasteiger partial charge in [-0.25, -0.2) is 8.42 Å². The molecule has 0 fully saturated rings. The fourth-order valence-electron chi connectivity index (χ4n) is 1.78. The lowest BCUT2D eigenvalue weighted by atomic mass is 10.2. The third-order valence-electron chi connectivity index (χ3n) is 2.64. The highest BCUT2D eigenvalue weighted by molar-refractivity contribution is 7.98. The summed E-state index contributed by atoms with van der Waals surface area (Å²) in [7, 11) is -3.17. The highest BCUT2D eigenvalue weighted by atomic mass is 32.2. The molecule has 0 amide bonds. The van der Waals surface area contributed by atoms with Crippen molar-refractivity contribution in [3.05, 3.63) is 46.3 Å². The SMILES string of the molecule is O=S(=O)(C1=CC=CCC1)C1=CC=CCC1. The third kappa shape index (κ3) is 2.12. The van der Waals surface area contributed by atoms with Gasteiger partial charge in [-0.15, -0.1) is 0 Å². The minimum Gasteiger partial charge on any atom is -0.219 e. The fraction of sp³-hybridized carbons (Fsp3) is 0.333. The lowest BCUT2D eigenvalue weighted by molar-refractivity contribution is 0.603. The summed E-state index contributed by atoms with van der Waals surface area (Å²) >= 11 is 0. The zero-order chi connectivity index (χ0) is 10.7. The van der Waals surface area contributed by atoms with Crippen LogP contribution in [0.4, 0.5) is 0 Å². The topological polar surface area (TPSA) is 34.1 Å². The van der Waals surface area contributed by atoms with E-state index in [1.807, 2.05) is 24.3 Å². The van der Waals surface area contributed by atoms with E-state index in [0.29, 0.717) is 22.7 Å². The van der Waals surface area contributed by atoms with Gasteiger partial charge >= 0.3 is 0 Å². The maximum atomic E-state index is 12.1. The van der Waals surface area contributed by atoms with E-state index in [-0.39, 0.29) is 0 Å². The zero-order valence-electron chi connectivity index (χ0n) is 8.52. The predicted molar refractivity (Wildman–Crippen MR) is 61.8 cm³/mol. The van der Waals surface area contributed by atoms with Crippen LogP contribution < -0.4 is 0 Å². The first-order chi connectivity index (χ1) is 7.21. The van der Waals surface area contributed by atoms with Gasteiger partial charge in [0.1, 0.15) is 0 Å². The van der Waals surface area contributed by atoms with E-state index in [2.05, 4.69) is 0 Å². The summed E-state index contributed by atoms with van der Waals surface area (Å²) in [5.74, 6) is 0. The van der Waals surface area contributed by atoms with Crippen LogP contribution in [0.1, 0.15) is 25.7 Å². The Balaban J connectivity index is 2.34. The molecule has 0 heterocycles. The molecule has 0 aromatic carbocycles. The van der Waals surface area contributed by atoms with E-state index < -0.39 is 9.84 Å². The van der Waals surface area contributed by atoms with E-state index >= 15 is 0 Å². The van der Waals surface area contributed by atoms with Crippen LogP contribution in [0.15, 0.2) is 46.3 Å². The van der Waals surface area contributed by atoms with Gasteiger partial charge in [0.25, 0.3) is 0 Å². The maximum absolute atomic E-state index is 12.1. The van der Waals surface area contributed by atoms with Gasteiger partial charge in [0.2, 0.25) is 0 Å². The first-order valence-corrected chi connectivity index (χ1v) is 6.66. The summed E-state index contributed by atoms with van der Waals surface area (Å²) in [6.07, 6.45) is 14.0. The normalized spacial score (nSPS) is 21.1. The van der Waals surface area contributed by atoms with Crippen LogP contribution in [0.5, 0.6) is 0 Å². The Hall–Kier alpha value is -1.09. The minimum absolute atomic E-state index is 0.562. The summed E-state index contributed by atoms with van der Waals surface area (Å²) in [6, 6.07) is 0. The number of hydrogen-bond donors (Lipinski definition) is 0. The Bertz CT molecular complexity index is 424. The smallest absolute Gasteiger partial charge is 0.198 e. The average molecular weight is 222 g/mol. The minimum atomic E-state index is -3.17. The van der Waals surface area contributed by atoms with Crippen LogP contribution in [0.2, 0.25) is 0 Å². The van der Waals surface area contributed by atoms with Crippen LogP contribution >= 0.6 is 0 Å². The Morgan fingerprint density at radius 3 is 1.67 bits per heavy atom. The average Bonchev–Trinajstić information content (AvgIpc) is 2.31. The van der Waals surface area contributed by atoms with Gasteiger partial charge in [-0.05, 0) is 37.8 Å². The molecule has 15 heavy (non-hydrogen) atoms. The molecule has 2 aliphatic carbocycles. The van der Waals surface area contributed by atoms with Gasteiger partial charge in [0.05, 0.1) is 0 Å². The van der Waals surface area contributed by atoms with Crippen molar-refractivity contribution in [1.82, 2.24) is 0 Å². The molecular formula is C12H14O2S. The summed E-state index contributed by atoms with van der Waals surface area (Å²) < 4.78 is 24.3. The molecule has 0 aromatic heterocycles. The molecule has 80 valence electrons. The van der Waals surface area contributed by atoms with Crippen molar-refractivity contribution in [2.45, 2.75) is 25.7 Å². The molecule has 2 rings (SSSR count). The molecule has 0 saturated carbocycles. The fourth-order valence-corrected chi connectivity index (χ4v) is 3.40. The molecule has 0 aliphatic heterocycles. The van der Waals surface area contributed by atoms with Crippen molar-refractivity contribution in [2.24, 2.45) is 0 Å². The van der Waals surface area contributed by atoms with Crippen LogP contribution in [0.3, 0.4) is 0 Å². The molecule has 2 nitrogen and oxygen atoms in total. The van der Waals surface area contributed by atoms with Gasteiger partial charge in [0.15, 0.2) is 9.84 Å². The molecule has 0 spiro atoms. The molecule has 3 heteroatoms. The Labute approximate surface area is 90.6 Å². The summed E-state index contributed by atoms with van der Waals surface area (Å²) in [6.45, 7) is 0. The Morgan fingerprint density at radius 2 is 1.33 bits per heavy atom. The van der Waals surface area contributed by atoms with Gasteiger partial charge in [-0.1, -0.05) is 24.3 Å². The van der Waals surface area contributed by atoms with Crippen LogP contribution in [-0.2, 0) is 9.84 Å². The Morgan fingerprint density at radius 1 is 0.867 bits per heavy atom. The second-order valence-corrected chi connectivity index (χ2v) is 5.76. The molecule has 0 unspecified atom stereocenters. The number of rotatable bonds is 2. The molecule has 0 N–H and O–H groups in total. The van der Waals surface area contributed by atoms with Crippen molar-refractivity contribution in [2.75, 3.05) is 0 Å². The van der Waals surface area contributed by atoms with Crippen molar-refractivity contribution in [3.63, 3.8) is 0 Å². The van der Waals surface area contributed by atoms with Gasteiger partial charge in [-0.3, -0.25) is 0 Å². The number of hydrogen-bond acceptors (Lipinski definition) is 2. The molecule has 0 radical (unpaired) electrons. The summed E-state index contributed by atoms with van der Waals surface area (Å²) in [5, 5.41) is 0. The van der Waals surface area contributed by atoms with Crippen molar-refractivity contribution >= 4 is 9.84 Å². The second-order valence-electron chi connectivity index (χ2n) is 3.70. The van der Waals surface area contributed by atoms with E-state index in [0.717, 1.165) is 12.8 Å². The van der Waals surface area contributed by atoms with Gasteiger partial charge in [-0.2, -0.15) is 0 Å². The van der Waals surface area contributed by atoms with E-state index in [4.69, 9.17) is 0 Å². The van der Waals surface area contributed by atoms with E-state index in [1.54, 1.807) is 12.2 Å². The van der Waals surface area contributed by atoms with Crippen LogP contribution in [0, 0.1) is 0 Å². The number of sulfone groups is 1. The number of allylic oxidation sites excluding steroid dienone is 8. The molecule has 0 saturated heterocycles. The van der Waals surface area contributed by atoms with E-state index in [1.165, 1.54) is 0 Å². The van der Waals surface area contributed by atoms with E-state index in [9.17, 15) is 8.42 Å². The second kappa shape index (κ2) is 4.19. The van der Waals surface area contributed by atoms with Crippen molar-refractivity contribution < 1.29 is 8.42 Å². The first-order valence-electron chi connectivity index (χ1n) is 5.18. The van der Waals surface area contributed by atoms with Gasteiger partial charge in [0, 0.05) is 9.81 Å². The molecular weight excluding hydrogens is 208 g/mol. The Kier molecular flexibility index (Phi) is 2.91.